The summed E-state index contributed by atoms with van der Waals surface area (Å²) in [7, 11) is 0. The van der Waals surface area contributed by atoms with Crippen molar-refractivity contribution in [1.82, 2.24) is 4.98 Å². The molecule has 0 atom stereocenters. The molecular weight excluding hydrogens is 184 g/mol. The van der Waals surface area contributed by atoms with Gasteiger partial charge >= 0.3 is 0 Å². The average Bonchev–Trinajstić information content (AvgIpc) is 2.84. The largest absolute Gasteiger partial charge is 0.361 e. The van der Waals surface area contributed by atoms with Crippen molar-refractivity contribution >= 4 is 10.9 Å². The Morgan fingerprint density at radius 1 is 1.40 bits per heavy atom. The lowest BCUT2D eigenvalue weighted by atomic mass is 10.0. The minimum Gasteiger partial charge on any atom is -0.361 e. The second-order valence-corrected chi connectivity index (χ2v) is 4.55. The highest BCUT2D eigenvalue weighted by molar-refractivity contribution is 5.87. The van der Waals surface area contributed by atoms with Crippen LogP contribution in [0.5, 0.6) is 0 Å². The first-order valence-electron chi connectivity index (χ1n) is 5.63. The Hall–Kier alpha value is -1.28. The molecule has 0 aliphatic heterocycles. The lowest BCUT2D eigenvalue weighted by molar-refractivity contribution is 0.747. The van der Waals surface area contributed by atoms with E-state index in [1.807, 2.05) is 0 Å². The van der Waals surface area contributed by atoms with Crippen molar-refractivity contribution < 1.29 is 0 Å². The molecule has 1 aliphatic carbocycles. The molecule has 1 fully saturated rings. The molecule has 0 amide bonds. The molecule has 2 heteroatoms. The third-order valence-electron chi connectivity index (χ3n) is 3.51. The van der Waals surface area contributed by atoms with Crippen LogP contribution in [0.3, 0.4) is 0 Å². The molecule has 0 bridgehead atoms. The average molecular weight is 200 g/mol. The van der Waals surface area contributed by atoms with E-state index in [-0.39, 0.29) is 5.54 Å². The van der Waals surface area contributed by atoms with Gasteiger partial charge in [0.25, 0.3) is 0 Å². The van der Waals surface area contributed by atoms with E-state index < -0.39 is 0 Å². The second kappa shape index (κ2) is 2.86. The van der Waals surface area contributed by atoms with Crippen LogP contribution >= 0.6 is 0 Å². The number of nitrogens with one attached hydrogen (secondary N) is 1. The van der Waals surface area contributed by atoms with E-state index >= 15 is 0 Å². The molecule has 0 spiro atoms. The van der Waals surface area contributed by atoms with Gasteiger partial charge < -0.3 is 10.7 Å². The Bertz CT molecular complexity index is 506. The summed E-state index contributed by atoms with van der Waals surface area (Å²) < 4.78 is 0. The van der Waals surface area contributed by atoms with Gasteiger partial charge in [-0.05, 0) is 30.4 Å². The molecule has 1 aliphatic rings. The summed E-state index contributed by atoms with van der Waals surface area (Å²) in [6, 6.07) is 6.48. The number of hydrogen-bond donors (Lipinski definition) is 2. The zero-order valence-electron chi connectivity index (χ0n) is 9.01. The van der Waals surface area contributed by atoms with Gasteiger partial charge in [0.1, 0.15) is 0 Å². The van der Waals surface area contributed by atoms with Gasteiger partial charge in [-0.15, -0.1) is 0 Å². The normalized spacial score (nSPS) is 18.3. The summed E-state index contributed by atoms with van der Waals surface area (Å²) >= 11 is 0. The quantitative estimate of drug-likeness (QED) is 0.769. The van der Waals surface area contributed by atoms with E-state index in [1.165, 1.54) is 22.0 Å². The number of H-pyrrole nitrogens is 1. The summed E-state index contributed by atoms with van der Waals surface area (Å²) in [6.07, 6.45) is 5.40. The van der Waals surface area contributed by atoms with Crippen LogP contribution in [0.4, 0.5) is 0 Å². The highest BCUT2D eigenvalue weighted by Crippen LogP contribution is 2.45. The van der Waals surface area contributed by atoms with Gasteiger partial charge in [0.05, 0.1) is 0 Å². The third-order valence-corrected chi connectivity index (χ3v) is 3.51. The molecule has 3 rings (SSSR count). The maximum Gasteiger partial charge on any atom is 0.0489 e. The minimum absolute atomic E-state index is 0.0371. The summed E-state index contributed by atoms with van der Waals surface area (Å²) in [5, 5.41) is 1.31. The molecule has 78 valence electrons. The predicted octanol–water partition coefficient (Wildman–Crippen LogP) is 2.68. The van der Waals surface area contributed by atoms with Crippen LogP contribution < -0.4 is 5.73 Å². The number of aryl methyl sites for hydroxylation is 1. The number of para-hydroxylation sites is 1. The van der Waals surface area contributed by atoms with Crippen molar-refractivity contribution in [2.24, 2.45) is 5.73 Å². The molecule has 0 saturated heterocycles. The summed E-state index contributed by atoms with van der Waals surface area (Å²) in [5.74, 6) is 0. The lowest BCUT2D eigenvalue weighted by Crippen LogP contribution is -2.17. The number of nitrogens with two attached hydrogens (primary N) is 1. The number of aromatic nitrogens is 1. The van der Waals surface area contributed by atoms with Crippen molar-refractivity contribution in [1.29, 1.82) is 0 Å². The molecule has 1 aromatic carbocycles. The van der Waals surface area contributed by atoms with Crippen LogP contribution in [0.25, 0.3) is 10.9 Å². The Balaban J connectivity index is 2.26. The SMILES string of the molecule is CCc1cccc2c(C3(N)CC3)c[nH]c12. The van der Waals surface area contributed by atoms with Crippen molar-refractivity contribution in [3.05, 3.63) is 35.5 Å². The van der Waals surface area contributed by atoms with Crippen molar-refractivity contribution in [2.75, 3.05) is 0 Å². The van der Waals surface area contributed by atoms with Crippen molar-refractivity contribution in [3.8, 4) is 0 Å². The number of hydrogen-bond acceptors (Lipinski definition) is 1. The third kappa shape index (κ3) is 1.21. The van der Waals surface area contributed by atoms with Crippen LogP contribution in [-0.4, -0.2) is 4.98 Å². The van der Waals surface area contributed by atoms with E-state index in [0.29, 0.717) is 0 Å². The summed E-state index contributed by atoms with van der Waals surface area (Å²) in [5.41, 5.74) is 10.2. The van der Waals surface area contributed by atoms with Crippen LogP contribution in [0, 0.1) is 0 Å². The Morgan fingerprint density at radius 2 is 2.20 bits per heavy atom. The van der Waals surface area contributed by atoms with Gasteiger partial charge in [0.15, 0.2) is 0 Å². The topological polar surface area (TPSA) is 41.8 Å². The Labute approximate surface area is 89.5 Å². The maximum atomic E-state index is 6.25. The first kappa shape index (κ1) is 8.98. The fourth-order valence-electron chi connectivity index (χ4n) is 2.33. The first-order valence-corrected chi connectivity index (χ1v) is 5.63. The lowest BCUT2D eigenvalue weighted by Gasteiger charge is -2.07. The first-order chi connectivity index (χ1) is 7.24. The van der Waals surface area contributed by atoms with E-state index in [9.17, 15) is 0 Å². The van der Waals surface area contributed by atoms with Crippen LogP contribution in [0.1, 0.15) is 30.9 Å². The fourth-order valence-corrected chi connectivity index (χ4v) is 2.33. The molecule has 1 saturated carbocycles. The van der Waals surface area contributed by atoms with Gasteiger partial charge in [0.2, 0.25) is 0 Å². The molecular formula is C13H16N2. The Kier molecular flexibility index (Phi) is 1.71. The van der Waals surface area contributed by atoms with Crippen molar-refractivity contribution in [2.45, 2.75) is 31.7 Å². The molecule has 2 aromatic rings. The zero-order chi connectivity index (χ0) is 10.5. The minimum atomic E-state index is -0.0371. The van der Waals surface area contributed by atoms with E-state index in [2.05, 4.69) is 36.3 Å². The number of rotatable bonds is 2. The van der Waals surface area contributed by atoms with Gasteiger partial charge in [-0.3, -0.25) is 0 Å². The van der Waals surface area contributed by atoms with Gasteiger partial charge in [-0.25, -0.2) is 0 Å². The van der Waals surface area contributed by atoms with Crippen molar-refractivity contribution in [3.63, 3.8) is 0 Å². The van der Waals surface area contributed by atoms with Gasteiger partial charge in [0, 0.05) is 22.6 Å². The molecule has 1 aromatic heterocycles. The second-order valence-electron chi connectivity index (χ2n) is 4.55. The summed E-state index contributed by atoms with van der Waals surface area (Å²) in [4.78, 5) is 3.37. The fraction of sp³-hybridized carbons (Fsp3) is 0.385. The monoisotopic (exact) mass is 200 g/mol. The Morgan fingerprint density at radius 3 is 2.87 bits per heavy atom. The van der Waals surface area contributed by atoms with Crippen LogP contribution in [0.2, 0.25) is 0 Å². The number of aromatic amines is 1. The molecule has 15 heavy (non-hydrogen) atoms. The highest BCUT2D eigenvalue weighted by Gasteiger charge is 2.41. The van der Waals surface area contributed by atoms with Crippen LogP contribution in [-0.2, 0) is 12.0 Å². The smallest absolute Gasteiger partial charge is 0.0489 e. The molecule has 3 N–H and O–H groups in total. The van der Waals surface area contributed by atoms with Gasteiger partial charge in [-0.1, -0.05) is 25.1 Å². The van der Waals surface area contributed by atoms with E-state index in [1.54, 1.807) is 0 Å². The molecule has 1 heterocycles. The molecule has 0 radical (unpaired) electrons. The van der Waals surface area contributed by atoms with Gasteiger partial charge in [-0.2, -0.15) is 0 Å². The number of fused-ring (bicyclic) bond motifs is 1. The zero-order valence-corrected chi connectivity index (χ0v) is 9.01. The molecule has 0 unspecified atom stereocenters. The molecule has 2 nitrogen and oxygen atoms in total. The maximum absolute atomic E-state index is 6.25. The van der Waals surface area contributed by atoms with E-state index in [4.69, 9.17) is 5.73 Å². The highest BCUT2D eigenvalue weighted by atomic mass is 14.8. The predicted molar refractivity (Wildman–Crippen MR) is 62.8 cm³/mol. The number of benzene rings is 1. The standard InChI is InChI=1S/C13H16N2/c1-2-9-4-3-5-10-11(8-15-12(9)10)13(14)6-7-13/h3-5,8,15H,2,6-7,14H2,1H3. The van der Waals surface area contributed by atoms with E-state index in [0.717, 1.165) is 19.3 Å². The summed E-state index contributed by atoms with van der Waals surface area (Å²) in [6.45, 7) is 2.19. The van der Waals surface area contributed by atoms with Crippen LogP contribution in [0.15, 0.2) is 24.4 Å².